The molecule has 0 aliphatic rings. The zero-order valence-electron chi connectivity index (χ0n) is 8.13. The molecule has 66 valence electrons. The molecular weight excluding hydrogens is 199 g/mol. The Morgan fingerprint density at radius 2 is 2.08 bits per heavy atom. The van der Waals surface area contributed by atoms with Crippen molar-refractivity contribution < 1.29 is 34.3 Å². The second kappa shape index (κ2) is 10.2. The standard InChI is InChI=1S/C8H16OS2.Na/c1-3-4-5-6-7(2)9-8(10)11;/h7H,3-6H2,1-2H3,(H,10,11);/q;+1/p-1. The molecule has 0 radical (unpaired) electrons. The molecule has 12 heavy (non-hydrogen) atoms. The van der Waals surface area contributed by atoms with E-state index in [2.05, 4.69) is 31.8 Å². The van der Waals surface area contributed by atoms with E-state index in [1.165, 1.54) is 19.3 Å². The van der Waals surface area contributed by atoms with E-state index < -0.39 is 0 Å². The molecule has 0 heterocycles. The van der Waals surface area contributed by atoms with Crippen LogP contribution in [0.15, 0.2) is 0 Å². The van der Waals surface area contributed by atoms with Gasteiger partial charge in [0.1, 0.15) is 0 Å². The Bertz CT molecular complexity index is 120. The van der Waals surface area contributed by atoms with Crippen LogP contribution < -0.4 is 29.6 Å². The van der Waals surface area contributed by atoms with Crippen molar-refractivity contribution in [3.8, 4) is 0 Å². The topological polar surface area (TPSA) is 9.23 Å². The van der Waals surface area contributed by atoms with Gasteiger partial charge in [-0.05, 0) is 19.8 Å². The second-order valence-electron chi connectivity index (χ2n) is 2.67. The van der Waals surface area contributed by atoms with Crippen LogP contribution >= 0.6 is 12.2 Å². The van der Waals surface area contributed by atoms with Crippen LogP contribution in [0.4, 0.5) is 0 Å². The average Bonchev–Trinajstić information content (AvgIpc) is 1.86. The predicted molar refractivity (Wildman–Crippen MR) is 54.7 cm³/mol. The monoisotopic (exact) mass is 214 g/mol. The number of hydrogen-bond acceptors (Lipinski definition) is 3. The van der Waals surface area contributed by atoms with Crippen LogP contribution in [-0.2, 0) is 17.4 Å². The molecule has 0 rings (SSSR count). The summed E-state index contributed by atoms with van der Waals surface area (Å²) in [5.41, 5.74) is 0. The summed E-state index contributed by atoms with van der Waals surface area (Å²) in [4.78, 5) is 0. The third-order valence-corrected chi connectivity index (χ3v) is 1.70. The smallest absolute Gasteiger partial charge is 0.511 e. The third-order valence-electron chi connectivity index (χ3n) is 1.51. The van der Waals surface area contributed by atoms with Crippen LogP contribution in [0.2, 0.25) is 0 Å². The minimum atomic E-state index is 0. The van der Waals surface area contributed by atoms with E-state index in [1.54, 1.807) is 0 Å². The molecule has 0 N–H and O–H groups in total. The summed E-state index contributed by atoms with van der Waals surface area (Å²) in [5, 5.41) is 0. The SMILES string of the molecule is CCCCCC(C)OC(=S)[S-].[Na+]. The first kappa shape index (κ1) is 15.6. The van der Waals surface area contributed by atoms with Crippen molar-refractivity contribution in [1.82, 2.24) is 0 Å². The summed E-state index contributed by atoms with van der Waals surface area (Å²) >= 11 is 9.29. The molecule has 0 aromatic rings. The first-order valence-corrected chi connectivity index (χ1v) is 4.86. The predicted octanol–water partition coefficient (Wildman–Crippen LogP) is -0.192. The van der Waals surface area contributed by atoms with Crippen LogP contribution in [0.1, 0.15) is 39.5 Å². The Balaban J connectivity index is 0. The fourth-order valence-corrected chi connectivity index (χ4v) is 1.23. The third kappa shape index (κ3) is 11.1. The van der Waals surface area contributed by atoms with E-state index >= 15 is 0 Å². The first-order chi connectivity index (χ1) is 5.16. The molecule has 0 aromatic heterocycles. The van der Waals surface area contributed by atoms with Crippen molar-refractivity contribution in [2.75, 3.05) is 0 Å². The average molecular weight is 214 g/mol. The van der Waals surface area contributed by atoms with Gasteiger partial charge in [0.15, 0.2) is 0 Å². The number of thiocarbonyl (C=S) groups is 1. The van der Waals surface area contributed by atoms with Crippen LogP contribution in [-0.4, -0.2) is 10.5 Å². The molecule has 0 saturated carbocycles. The number of rotatable bonds is 5. The van der Waals surface area contributed by atoms with Crippen LogP contribution in [0.3, 0.4) is 0 Å². The van der Waals surface area contributed by atoms with E-state index in [1.807, 2.05) is 6.92 Å². The Labute approximate surface area is 108 Å². The summed E-state index contributed by atoms with van der Waals surface area (Å²) in [6.07, 6.45) is 4.97. The summed E-state index contributed by atoms with van der Waals surface area (Å²) < 4.78 is 5.39. The van der Waals surface area contributed by atoms with Gasteiger partial charge in [-0.25, -0.2) is 0 Å². The molecule has 0 amide bonds. The summed E-state index contributed by atoms with van der Waals surface area (Å²) in [6, 6.07) is 0. The fourth-order valence-electron chi connectivity index (χ4n) is 0.905. The van der Waals surface area contributed by atoms with E-state index in [0.717, 1.165) is 6.42 Å². The molecule has 0 aromatic carbocycles. The van der Waals surface area contributed by atoms with Gasteiger partial charge in [-0.3, -0.25) is 0 Å². The molecule has 0 aliphatic carbocycles. The minimum Gasteiger partial charge on any atom is -0.511 e. The van der Waals surface area contributed by atoms with Crippen LogP contribution in [0.25, 0.3) is 0 Å². The molecule has 0 aliphatic heterocycles. The molecule has 1 unspecified atom stereocenters. The molecule has 0 fully saturated rings. The van der Waals surface area contributed by atoms with E-state index in [9.17, 15) is 0 Å². The normalized spacial score (nSPS) is 11.5. The maximum atomic E-state index is 5.14. The quantitative estimate of drug-likeness (QED) is 0.272. The van der Waals surface area contributed by atoms with Crippen LogP contribution in [0, 0.1) is 0 Å². The van der Waals surface area contributed by atoms with Gasteiger partial charge in [0.05, 0.1) is 6.10 Å². The Morgan fingerprint density at radius 1 is 1.50 bits per heavy atom. The Hall–Kier alpha value is 1.11. The summed E-state index contributed by atoms with van der Waals surface area (Å²) in [5.74, 6) is 0. The maximum absolute atomic E-state index is 5.14. The number of hydrogen-bond donors (Lipinski definition) is 0. The molecule has 4 heteroatoms. The van der Waals surface area contributed by atoms with Crippen molar-refractivity contribution >= 4 is 29.2 Å². The summed E-state index contributed by atoms with van der Waals surface area (Å²) in [7, 11) is 0. The maximum Gasteiger partial charge on any atom is 1.00 e. The van der Waals surface area contributed by atoms with Crippen molar-refractivity contribution in [3.63, 3.8) is 0 Å². The molecule has 1 atom stereocenters. The number of ether oxygens (including phenoxy) is 1. The number of unbranched alkanes of at least 4 members (excludes halogenated alkanes) is 2. The van der Waals surface area contributed by atoms with E-state index in [4.69, 9.17) is 4.74 Å². The van der Waals surface area contributed by atoms with Gasteiger partial charge in [-0.2, -0.15) is 0 Å². The van der Waals surface area contributed by atoms with Gasteiger partial charge in [0.2, 0.25) is 0 Å². The van der Waals surface area contributed by atoms with Gasteiger partial charge in [0.25, 0.3) is 0 Å². The van der Waals surface area contributed by atoms with E-state index in [0.29, 0.717) is 0 Å². The van der Waals surface area contributed by atoms with Gasteiger partial charge in [-0.15, -0.1) is 0 Å². The van der Waals surface area contributed by atoms with Crippen molar-refractivity contribution in [2.45, 2.75) is 45.6 Å². The van der Waals surface area contributed by atoms with Gasteiger partial charge >= 0.3 is 29.6 Å². The molecular formula is C8H15NaOS2. The Morgan fingerprint density at radius 3 is 2.50 bits per heavy atom. The molecule has 0 spiro atoms. The zero-order chi connectivity index (χ0) is 8.69. The van der Waals surface area contributed by atoms with Crippen molar-refractivity contribution in [3.05, 3.63) is 0 Å². The molecule has 0 bridgehead atoms. The molecule has 0 saturated heterocycles. The fraction of sp³-hybridized carbons (Fsp3) is 0.875. The molecule has 1 nitrogen and oxygen atoms in total. The van der Waals surface area contributed by atoms with Crippen LogP contribution in [0.5, 0.6) is 0 Å². The Kier molecular flexibility index (Phi) is 13.2. The first-order valence-electron chi connectivity index (χ1n) is 4.04. The largest absolute Gasteiger partial charge is 1.00 e. The zero-order valence-corrected chi connectivity index (χ0v) is 11.8. The second-order valence-corrected chi connectivity index (χ2v) is 3.67. The summed E-state index contributed by atoms with van der Waals surface area (Å²) in [6.45, 7) is 4.19. The minimum absolute atomic E-state index is 0. The van der Waals surface area contributed by atoms with Gasteiger partial charge in [-0.1, -0.05) is 19.8 Å². The van der Waals surface area contributed by atoms with Crippen molar-refractivity contribution in [2.24, 2.45) is 0 Å². The van der Waals surface area contributed by atoms with Gasteiger partial charge in [0, 0.05) is 4.38 Å². The van der Waals surface area contributed by atoms with E-state index in [-0.39, 0.29) is 40.0 Å². The van der Waals surface area contributed by atoms with Crippen molar-refractivity contribution in [1.29, 1.82) is 0 Å². The van der Waals surface area contributed by atoms with Gasteiger partial charge < -0.3 is 29.6 Å².